The van der Waals surface area contributed by atoms with Gasteiger partial charge in [0.05, 0.1) is 30.9 Å². The highest BCUT2D eigenvalue weighted by Gasteiger charge is 2.41. The summed E-state index contributed by atoms with van der Waals surface area (Å²) < 4.78 is 7.53. The topological polar surface area (TPSA) is 67.7 Å². The number of nitrogens with zero attached hydrogens (tertiary/aromatic N) is 4. The van der Waals surface area contributed by atoms with Crippen LogP contribution in [0.2, 0.25) is 0 Å². The van der Waals surface area contributed by atoms with Gasteiger partial charge < -0.3 is 14.5 Å². The van der Waals surface area contributed by atoms with Crippen molar-refractivity contribution < 1.29 is 14.3 Å². The number of amides is 2. The van der Waals surface area contributed by atoms with Crippen LogP contribution in [0, 0.1) is 0 Å². The van der Waals surface area contributed by atoms with Crippen LogP contribution in [0.4, 0.5) is 0 Å². The van der Waals surface area contributed by atoms with Crippen LogP contribution in [0.3, 0.4) is 0 Å². The van der Waals surface area contributed by atoms with Gasteiger partial charge in [0, 0.05) is 38.1 Å². The molecule has 2 aliphatic rings. The zero-order chi connectivity index (χ0) is 17.4. The summed E-state index contributed by atoms with van der Waals surface area (Å²) in [5.41, 5.74) is 1.53. The maximum atomic E-state index is 12.8. The highest BCUT2D eigenvalue weighted by molar-refractivity contribution is 5.94. The summed E-state index contributed by atoms with van der Waals surface area (Å²) in [7, 11) is 1.79. The van der Waals surface area contributed by atoms with Gasteiger partial charge >= 0.3 is 0 Å². The van der Waals surface area contributed by atoms with Gasteiger partial charge in [-0.15, -0.1) is 0 Å². The average Bonchev–Trinajstić information content (AvgIpc) is 3.28. The van der Waals surface area contributed by atoms with Gasteiger partial charge in [-0.1, -0.05) is 0 Å². The molecule has 0 N–H and O–H groups in total. The van der Waals surface area contributed by atoms with E-state index in [1.54, 1.807) is 27.7 Å². The van der Waals surface area contributed by atoms with Crippen molar-refractivity contribution in [3.8, 4) is 5.69 Å². The van der Waals surface area contributed by atoms with Crippen molar-refractivity contribution in [2.45, 2.75) is 18.6 Å². The molecule has 130 valence electrons. The van der Waals surface area contributed by atoms with Gasteiger partial charge in [0.2, 0.25) is 5.91 Å². The Kier molecular flexibility index (Phi) is 4.01. The first-order valence-corrected chi connectivity index (χ1v) is 8.40. The Balaban J connectivity index is 1.49. The lowest BCUT2D eigenvalue weighted by Crippen LogP contribution is -2.43. The zero-order valence-corrected chi connectivity index (χ0v) is 14.0. The lowest BCUT2D eigenvalue weighted by atomic mass is 10.2. The molecule has 7 heteroatoms. The number of likely N-dealkylation sites (tertiary alicyclic amines) is 1. The molecule has 2 saturated heterocycles. The maximum absolute atomic E-state index is 12.8. The van der Waals surface area contributed by atoms with E-state index in [2.05, 4.69) is 5.10 Å². The second-order valence-corrected chi connectivity index (χ2v) is 6.44. The van der Waals surface area contributed by atoms with Crippen molar-refractivity contribution in [2.75, 3.05) is 26.7 Å². The SMILES string of the molecule is CN1C(=O)CCO[C@H]2CN(C(=O)c3ccc(-n4cccn4)cc3)C[C@@H]21. The summed E-state index contributed by atoms with van der Waals surface area (Å²) in [4.78, 5) is 28.3. The first-order chi connectivity index (χ1) is 12.1. The van der Waals surface area contributed by atoms with E-state index >= 15 is 0 Å². The van der Waals surface area contributed by atoms with Crippen molar-refractivity contribution in [1.29, 1.82) is 0 Å². The molecule has 0 aliphatic carbocycles. The molecular formula is C18H20N4O3. The van der Waals surface area contributed by atoms with Gasteiger partial charge in [0.15, 0.2) is 0 Å². The molecule has 1 aromatic carbocycles. The fourth-order valence-electron chi connectivity index (χ4n) is 3.48. The minimum absolute atomic E-state index is 0.0375. The normalized spacial score (nSPS) is 23.5. The van der Waals surface area contributed by atoms with Crippen LogP contribution in [-0.4, -0.2) is 70.3 Å². The Morgan fingerprint density at radius 2 is 2.04 bits per heavy atom. The van der Waals surface area contributed by atoms with E-state index in [0.29, 0.717) is 31.7 Å². The molecule has 1 aromatic heterocycles. The van der Waals surface area contributed by atoms with Gasteiger partial charge in [0.25, 0.3) is 5.91 Å². The Morgan fingerprint density at radius 3 is 2.76 bits per heavy atom. The molecule has 2 aromatic rings. The number of ether oxygens (including phenoxy) is 1. The monoisotopic (exact) mass is 340 g/mol. The second kappa shape index (κ2) is 6.33. The number of carbonyl (C=O) groups excluding carboxylic acids is 2. The fourth-order valence-corrected chi connectivity index (χ4v) is 3.48. The molecule has 25 heavy (non-hydrogen) atoms. The minimum atomic E-state index is -0.108. The highest BCUT2D eigenvalue weighted by Crippen LogP contribution is 2.23. The first-order valence-electron chi connectivity index (χ1n) is 8.40. The van der Waals surface area contributed by atoms with Crippen LogP contribution in [0.5, 0.6) is 0 Å². The van der Waals surface area contributed by atoms with Crippen molar-refractivity contribution in [2.24, 2.45) is 0 Å². The van der Waals surface area contributed by atoms with E-state index in [1.165, 1.54) is 0 Å². The molecule has 0 saturated carbocycles. The van der Waals surface area contributed by atoms with E-state index in [9.17, 15) is 9.59 Å². The van der Waals surface area contributed by atoms with Crippen molar-refractivity contribution >= 4 is 11.8 Å². The first kappa shape index (κ1) is 15.8. The number of likely N-dealkylation sites (N-methyl/N-ethyl adjacent to an activating group) is 1. The minimum Gasteiger partial charge on any atom is -0.374 e. The van der Waals surface area contributed by atoms with Gasteiger partial charge in [-0.05, 0) is 30.3 Å². The molecule has 0 spiro atoms. The van der Waals surface area contributed by atoms with E-state index < -0.39 is 0 Å². The van der Waals surface area contributed by atoms with Crippen LogP contribution in [0.25, 0.3) is 5.69 Å². The Labute approximate surface area is 145 Å². The number of aromatic nitrogens is 2. The third-order valence-corrected chi connectivity index (χ3v) is 4.95. The summed E-state index contributed by atoms with van der Waals surface area (Å²) in [5.74, 6) is 0.0370. The standard InChI is InChI=1S/C18H20N4O3/c1-20-15-11-21(12-16(15)25-10-7-17(20)23)18(24)13-3-5-14(6-4-13)22-9-2-8-19-22/h2-6,8-9,15-16H,7,10-12H2,1H3/t15-,16-/m0/s1. The second-order valence-electron chi connectivity index (χ2n) is 6.44. The van der Waals surface area contributed by atoms with E-state index in [0.717, 1.165) is 5.69 Å². The Bertz CT molecular complexity index is 772. The van der Waals surface area contributed by atoms with Gasteiger partial charge in [-0.3, -0.25) is 9.59 Å². The molecule has 0 unspecified atom stereocenters. The number of benzene rings is 1. The molecule has 7 nitrogen and oxygen atoms in total. The molecular weight excluding hydrogens is 320 g/mol. The number of fused-ring (bicyclic) bond motifs is 1. The summed E-state index contributed by atoms with van der Waals surface area (Å²) in [6.45, 7) is 1.44. The summed E-state index contributed by atoms with van der Waals surface area (Å²) in [6.07, 6.45) is 3.87. The molecule has 4 rings (SSSR count). The average molecular weight is 340 g/mol. The van der Waals surface area contributed by atoms with Crippen molar-refractivity contribution in [3.63, 3.8) is 0 Å². The van der Waals surface area contributed by atoms with Crippen LogP contribution in [0.1, 0.15) is 16.8 Å². The third kappa shape index (κ3) is 2.91. The quantitative estimate of drug-likeness (QED) is 0.816. The van der Waals surface area contributed by atoms with Crippen molar-refractivity contribution in [1.82, 2.24) is 19.6 Å². The lowest BCUT2D eigenvalue weighted by molar-refractivity contribution is -0.131. The molecule has 2 fully saturated rings. The third-order valence-electron chi connectivity index (χ3n) is 4.95. The summed E-state index contributed by atoms with van der Waals surface area (Å²) in [6, 6.07) is 9.15. The van der Waals surface area contributed by atoms with Gasteiger partial charge in [-0.2, -0.15) is 5.10 Å². The smallest absolute Gasteiger partial charge is 0.254 e. The molecule has 2 aliphatic heterocycles. The lowest BCUT2D eigenvalue weighted by Gasteiger charge is -2.25. The summed E-state index contributed by atoms with van der Waals surface area (Å²) in [5, 5.41) is 4.18. The largest absolute Gasteiger partial charge is 0.374 e. The number of hydrogen-bond acceptors (Lipinski definition) is 4. The predicted octanol–water partition coefficient (Wildman–Crippen LogP) is 0.944. The Hall–Kier alpha value is -2.67. The van der Waals surface area contributed by atoms with Crippen LogP contribution < -0.4 is 0 Å². The van der Waals surface area contributed by atoms with Crippen LogP contribution in [-0.2, 0) is 9.53 Å². The van der Waals surface area contributed by atoms with E-state index in [4.69, 9.17) is 4.74 Å². The predicted molar refractivity (Wildman–Crippen MR) is 90.4 cm³/mol. The Morgan fingerprint density at radius 1 is 1.24 bits per heavy atom. The van der Waals surface area contributed by atoms with Crippen LogP contribution in [0.15, 0.2) is 42.7 Å². The number of rotatable bonds is 2. The maximum Gasteiger partial charge on any atom is 0.254 e. The molecule has 2 amide bonds. The van der Waals surface area contributed by atoms with E-state index in [1.807, 2.05) is 36.5 Å². The zero-order valence-electron chi connectivity index (χ0n) is 14.0. The highest BCUT2D eigenvalue weighted by atomic mass is 16.5. The van der Waals surface area contributed by atoms with Crippen molar-refractivity contribution in [3.05, 3.63) is 48.3 Å². The van der Waals surface area contributed by atoms with Crippen LogP contribution >= 0.6 is 0 Å². The molecule has 0 bridgehead atoms. The fraction of sp³-hybridized carbons (Fsp3) is 0.389. The van der Waals surface area contributed by atoms with Gasteiger partial charge in [-0.25, -0.2) is 4.68 Å². The number of carbonyl (C=O) groups is 2. The molecule has 3 heterocycles. The molecule has 2 atom stereocenters. The van der Waals surface area contributed by atoms with Gasteiger partial charge in [0.1, 0.15) is 0 Å². The molecule has 0 radical (unpaired) electrons. The van der Waals surface area contributed by atoms with E-state index in [-0.39, 0.29) is 24.0 Å². The summed E-state index contributed by atoms with van der Waals surface area (Å²) >= 11 is 0. The number of hydrogen-bond donors (Lipinski definition) is 0.